The van der Waals surface area contributed by atoms with Crippen LogP contribution in [0.1, 0.15) is 18.2 Å². The molecule has 110 valence electrons. The zero-order valence-electron chi connectivity index (χ0n) is 12.3. The van der Waals surface area contributed by atoms with Crippen molar-refractivity contribution in [2.24, 2.45) is 5.84 Å². The molecule has 1 aromatic heterocycles. The molecule has 0 radical (unpaired) electrons. The number of benzene rings is 2. The summed E-state index contributed by atoms with van der Waals surface area (Å²) in [5, 5.41) is 2.95. The molecule has 1 fully saturated rings. The Morgan fingerprint density at radius 1 is 0.955 bits per heavy atom. The van der Waals surface area contributed by atoms with Gasteiger partial charge < -0.3 is 0 Å². The molecular formula is C18H18N4. The highest BCUT2D eigenvalue weighted by Gasteiger charge is 2.25. The van der Waals surface area contributed by atoms with E-state index in [0.29, 0.717) is 5.92 Å². The van der Waals surface area contributed by atoms with Gasteiger partial charge in [0.25, 0.3) is 0 Å². The lowest BCUT2D eigenvalue weighted by Crippen LogP contribution is -2.27. The fourth-order valence-corrected chi connectivity index (χ4v) is 3.09. The predicted octanol–water partition coefficient (Wildman–Crippen LogP) is 2.96. The van der Waals surface area contributed by atoms with E-state index in [2.05, 4.69) is 24.3 Å². The summed E-state index contributed by atoms with van der Waals surface area (Å²) in [5.41, 5.74) is 3.14. The summed E-state index contributed by atoms with van der Waals surface area (Å²) in [6, 6.07) is 18.5. The summed E-state index contributed by atoms with van der Waals surface area (Å²) >= 11 is 0. The number of hydrogen-bond donors (Lipinski definition) is 1. The van der Waals surface area contributed by atoms with Crippen LogP contribution in [0.2, 0.25) is 0 Å². The van der Waals surface area contributed by atoms with Gasteiger partial charge >= 0.3 is 0 Å². The van der Waals surface area contributed by atoms with E-state index in [1.807, 2.05) is 35.3 Å². The molecule has 1 aliphatic rings. The summed E-state index contributed by atoms with van der Waals surface area (Å²) in [6.45, 7) is 1.73. The van der Waals surface area contributed by atoms with Gasteiger partial charge in [0.05, 0.1) is 11.2 Å². The van der Waals surface area contributed by atoms with Crippen molar-refractivity contribution in [3.8, 4) is 11.3 Å². The number of nitrogens with zero attached hydrogens (tertiary/aromatic N) is 3. The molecule has 0 aliphatic carbocycles. The Hall–Kier alpha value is -2.30. The Kier molecular flexibility index (Phi) is 3.33. The highest BCUT2D eigenvalue weighted by atomic mass is 15.4. The van der Waals surface area contributed by atoms with Crippen molar-refractivity contribution in [3.63, 3.8) is 0 Å². The molecular weight excluding hydrogens is 272 g/mol. The van der Waals surface area contributed by atoms with Gasteiger partial charge in [0.2, 0.25) is 0 Å². The Labute approximate surface area is 129 Å². The SMILES string of the molecule is NN1CCC(c2nc(-c3ccccc3)c3ccccc3n2)C1. The second-order valence-corrected chi connectivity index (χ2v) is 5.79. The molecule has 1 atom stereocenters. The molecule has 2 aromatic carbocycles. The van der Waals surface area contributed by atoms with Gasteiger partial charge in [0.1, 0.15) is 5.82 Å². The molecule has 0 amide bonds. The summed E-state index contributed by atoms with van der Waals surface area (Å²) < 4.78 is 0. The van der Waals surface area contributed by atoms with Crippen molar-refractivity contribution < 1.29 is 0 Å². The van der Waals surface area contributed by atoms with Crippen molar-refractivity contribution in [3.05, 3.63) is 60.4 Å². The van der Waals surface area contributed by atoms with E-state index in [1.165, 1.54) is 0 Å². The molecule has 4 rings (SSSR count). The Balaban J connectivity index is 1.90. The Bertz CT molecular complexity index is 801. The maximum atomic E-state index is 5.90. The van der Waals surface area contributed by atoms with E-state index >= 15 is 0 Å². The number of rotatable bonds is 2. The monoisotopic (exact) mass is 290 g/mol. The maximum absolute atomic E-state index is 5.90. The molecule has 1 aliphatic heterocycles. The highest BCUT2D eigenvalue weighted by molar-refractivity contribution is 5.92. The molecule has 4 nitrogen and oxygen atoms in total. The van der Waals surface area contributed by atoms with Crippen LogP contribution >= 0.6 is 0 Å². The van der Waals surface area contributed by atoms with Gasteiger partial charge in [-0.3, -0.25) is 5.84 Å². The van der Waals surface area contributed by atoms with Crippen LogP contribution in [0, 0.1) is 0 Å². The van der Waals surface area contributed by atoms with Gasteiger partial charge in [0, 0.05) is 30.0 Å². The summed E-state index contributed by atoms with van der Waals surface area (Å²) in [6.07, 6.45) is 1.02. The quantitative estimate of drug-likeness (QED) is 0.737. The first-order valence-corrected chi connectivity index (χ1v) is 7.63. The van der Waals surface area contributed by atoms with Crippen LogP contribution < -0.4 is 5.84 Å². The average Bonchev–Trinajstić information content (AvgIpc) is 3.01. The van der Waals surface area contributed by atoms with Gasteiger partial charge in [-0.15, -0.1) is 0 Å². The van der Waals surface area contributed by atoms with Crippen molar-refractivity contribution in [2.45, 2.75) is 12.3 Å². The minimum absolute atomic E-state index is 0.317. The second kappa shape index (κ2) is 5.48. The first kappa shape index (κ1) is 13.4. The first-order chi connectivity index (χ1) is 10.8. The second-order valence-electron chi connectivity index (χ2n) is 5.79. The lowest BCUT2D eigenvalue weighted by atomic mass is 10.0. The fourth-order valence-electron chi connectivity index (χ4n) is 3.09. The highest BCUT2D eigenvalue weighted by Crippen LogP contribution is 2.30. The van der Waals surface area contributed by atoms with E-state index in [1.54, 1.807) is 0 Å². The third-order valence-electron chi connectivity index (χ3n) is 4.25. The molecule has 3 aromatic rings. The van der Waals surface area contributed by atoms with E-state index in [4.69, 9.17) is 15.8 Å². The minimum Gasteiger partial charge on any atom is -0.269 e. The molecule has 0 saturated carbocycles. The van der Waals surface area contributed by atoms with Crippen molar-refractivity contribution in [2.75, 3.05) is 13.1 Å². The molecule has 0 spiro atoms. The van der Waals surface area contributed by atoms with Gasteiger partial charge in [-0.1, -0.05) is 48.5 Å². The van der Waals surface area contributed by atoms with Gasteiger partial charge in [-0.05, 0) is 12.5 Å². The largest absolute Gasteiger partial charge is 0.269 e. The lowest BCUT2D eigenvalue weighted by molar-refractivity contribution is 0.348. The lowest BCUT2D eigenvalue weighted by Gasteiger charge is -2.13. The van der Waals surface area contributed by atoms with E-state index in [-0.39, 0.29) is 0 Å². The van der Waals surface area contributed by atoms with Gasteiger partial charge in [0.15, 0.2) is 0 Å². The van der Waals surface area contributed by atoms with Crippen molar-refractivity contribution >= 4 is 10.9 Å². The Morgan fingerprint density at radius 2 is 1.73 bits per heavy atom. The topological polar surface area (TPSA) is 55.0 Å². The standard InChI is InChI=1S/C18H18N4/c19-22-11-10-14(12-22)18-20-16-9-5-4-8-15(16)17(21-18)13-6-2-1-3-7-13/h1-9,14H,10-12,19H2. The van der Waals surface area contributed by atoms with Crippen molar-refractivity contribution in [1.82, 2.24) is 15.0 Å². The average molecular weight is 290 g/mol. The molecule has 4 heteroatoms. The van der Waals surface area contributed by atoms with Crippen LogP contribution in [0.4, 0.5) is 0 Å². The van der Waals surface area contributed by atoms with Crippen molar-refractivity contribution in [1.29, 1.82) is 0 Å². The van der Waals surface area contributed by atoms with E-state index in [0.717, 1.165) is 47.5 Å². The first-order valence-electron chi connectivity index (χ1n) is 7.63. The number of aromatic nitrogens is 2. The van der Waals surface area contributed by atoms with E-state index in [9.17, 15) is 0 Å². The van der Waals surface area contributed by atoms with Crippen LogP contribution in [0.15, 0.2) is 54.6 Å². The molecule has 1 unspecified atom stereocenters. The molecule has 0 bridgehead atoms. The number of fused-ring (bicyclic) bond motifs is 1. The van der Waals surface area contributed by atoms with Crippen LogP contribution in [0.3, 0.4) is 0 Å². The summed E-state index contributed by atoms with van der Waals surface area (Å²) in [7, 11) is 0. The summed E-state index contributed by atoms with van der Waals surface area (Å²) in [5.74, 6) is 7.13. The van der Waals surface area contributed by atoms with Gasteiger partial charge in [-0.2, -0.15) is 0 Å². The zero-order valence-corrected chi connectivity index (χ0v) is 12.3. The smallest absolute Gasteiger partial charge is 0.134 e. The van der Waals surface area contributed by atoms with E-state index < -0.39 is 0 Å². The zero-order chi connectivity index (χ0) is 14.9. The van der Waals surface area contributed by atoms with Crippen LogP contribution in [-0.4, -0.2) is 28.1 Å². The molecule has 2 heterocycles. The minimum atomic E-state index is 0.317. The van der Waals surface area contributed by atoms with Gasteiger partial charge in [-0.25, -0.2) is 15.0 Å². The van der Waals surface area contributed by atoms with Crippen LogP contribution in [-0.2, 0) is 0 Å². The molecule has 2 N–H and O–H groups in total. The predicted molar refractivity (Wildman–Crippen MR) is 88.1 cm³/mol. The Morgan fingerprint density at radius 3 is 2.50 bits per heavy atom. The fraction of sp³-hybridized carbons (Fsp3) is 0.222. The maximum Gasteiger partial charge on any atom is 0.134 e. The molecule has 22 heavy (non-hydrogen) atoms. The summed E-state index contributed by atoms with van der Waals surface area (Å²) in [4.78, 5) is 9.68. The van der Waals surface area contributed by atoms with Crippen LogP contribution in [0.25, 0.3) is 22.2 Å². The van der Waals surface area contributed by atoms with Crippen LogP contribution in [0.5, 0.6) is 0 Å². The third kappa shape index (κ3) is 2.36. The number of hydrogen-bond acceptors (Lipinski definition) is 4. The normalized spacial score (nSPS) is 18.9. The third-order valence-corrected chi connectivity index (χ3v) is 4.25. The number of para-hydroxylation sites is 1. The number of hydrazine groups is 1. The number of nitrogens with two attached hydrogens (primary N) is 1. The molecule has 1 saturated heterocycles.